The molecule has 1 aliphatic rings. The van der Waals surface area contributed by atoms with E-state index in [2.05, 4.69) is 15.4 Å². The van der Waals surface area contributed by atoms with Crippen LogP contribution in [0.2, 0.25) is 0 Å². The fraction of sp³-hybridized carbons (Fsp3) is 0.167. The van der Waals surface area contributed by atoms with Crippen LogP contribution in [-0.4, -0.2) is 40.0 Å². The third kappa shape index (κ3) is 6.07. The number of anilines is 2. The summed E-state index contributed by atoms with van der Waals surface area (Å²) in [5, 5.41) is 4.91. The summed E-state index contributed by atoms with van der Waals surface area (Å²) in [6.45, 7) is 0.563. The summed E-state index contributed by atoms with van der Waals surface area (Å²) in [6.07, 6.45) is 0.704. The van der Waals surface area contributed by atoms with Gasteiger partial charge in [-0.2, -0.15) is 0 Å². The van der Waals surface area contributed by atoms with Gasteiger partial charge in [0.15, 0.2) is 11.5 Å². The van der Waals surface area contributed by atoms with Crippen molar-refractivity contribution in [3.8, 4) is 11.5 Å². The number of nitrogens with one attached hydrogen (secondary N) is 3. The molecule has 0 bridgehead atoms. The number of hydrogen-bond acceptors (Lipinski definition) is 6. The zero-order valence-corrected chi connectivity index (χ0v) is 19.2. The average molecular weight is 500 g/mol. The molecular formula is C24H22FN3O6S. The van der Waals surface area contributed by atoms with Crippen LogP contribution in [0.1, 0.15) is 16.8 Å². The van der Waals surface area contributed by atoms with Gasteiger partial charge in [0.05, 0.1) is 30.2 Å². The van der Waals surface area contributed by atoms with Crippen molar-refractivity contribution in [2.45, 2.75) is 11.3 Å². The van der Waals surface area contributed by atoms with E-state index in [1.54, 1.807) is 6.07 Å². The molecule has 1 heterocycles. The van der Waals surface area contributed by atoms with Crippen molar-refractivity contribution in [3.63, 3.8) is 0 Å². The van der Waals surface area contributed by atoms with E-state index in [4.69, 9.17) is 9.47 Å². The first-order valence-electron chi connectivity index (χ1n) is 10.7. The van der Waals surface area contributed by atoms with E-state index < -0.39 is 27.7 Å². The minimum Gasteiger partial charge on any atom is -0.490 e. The Morgan fingerprint density at radius 2 is 1.57 bits per heavy atom. The zero-order chi connectivity index (χ0) is 24.8. The monoisotopic (exact) mass is 499 g/mol. The number of ether oxygens (including phenoxy) is 2. The first-order chi connectivity index (χ1) is 16.8. The molecule has 0 radical (unpaired) electrons. The third-order valence-corrected chi connectivity index (χ3v) is 6.36. The third-order valence-electron chi connectivity index (χ3n) is 4.98. The standard InChI is InChI=1S/C24H22FN3O6S/c25-20-5-2-1-4-19(20)24(30)26-15-23(29)27-16-6-8-17(9-7-16)28-35(31,32)18-10-11-21-22(14-18)34-13-3-12-33-21/h1-2,4-11,14,28H,3,12-13,15H2,(H,26,30)(H,27,29). The SMILES string of the molecule is O=C(CNC(=O)c1ccccc1F)Nc1ccc(NS(=O)(=O)c2ccc3c(c2)OCCCO3)cc1. The maximum absolute atomic E-state index is 13.6. The van der Waals surface area contributed by atoms with Gasteiger partial charge in [-0.1, -0.05) is 12.1 Å². The van der Waals surface area contributed by atoms with Gasteiger partial charge in [0.2, 0.25) is 5.91 Å². The van der Waals surface area contributed by atoms with Gasteiger partial charge in [0.25, 0.3) is 15.9 Å². The molecule has 0 saturated carbocycles. The van der Waals surface area contributed by atoms with Crippen molar-refractivity contribution in [1.82, 2.24) is 5.32 Å². The molecule has 4 rings (SSSR count). The lowest BCUT2D eigenvalue weighted by Gasteiger charge is -2.12. The minimum absolute atomic E-state index is 0.0183. The van der Waals surface area contributed by atoms with Crippen LogP contribution in [0.15, 0.2) is 71.6 Å². The van der Waals surface area contributed by atoms with E-state index >= 15 is 0 Å². The lowest BCUT2D eigenvalue weighted by molar-refractivity contribution is -0.115. The van der Waals surface area contributed by atoms with Crippen molar-refractivity contribution >= 4 is 33.2 Å². The van der Waals surface area contributed by atoms with Crippen LogP contribution in [0.4, 0.5) is 15.8 Å². The minimum atomic E-state index is -3.89. The molecule has 0 unspecified atom stereocenters. The van der Waals surface area contributed by atoms with Gasteiger partial charge in [-0.3, -0.25) is 14.3 Å². The molecule has 3 N–H and O–H groups in total. The topological polar surface area (TPSA) is 123 Å². The van der Waals surface area contributed by atoms with Crippen LogP contribution < -0.4 is 24.8 Å². The Morgan fingerprint density at radius 1 is 0.886 bits per heavy atom. The summed E-state index contributed by atoms with van der Waals surface area (Å²) < 4.78 is 52.8. The van der Waals surface area contributed by atoms with Crippen LogP contribution in [0.5, 0.6) is 11.5 Å². The summed E-state index contributed by atoms with van der Waals surface area (Å²) in [6, 6.07) is 15.8. The molecule has 1 aliphatic heterocycles. The molecule has 0 atom stereocenters. The maximum atomic E-state index is 13.6. The number of carbonyl (C=O) groups excluding carboxylic acids is 2. The van der Waals surface area contributed by atoms with Crippen molar-refractivity contribution < 1.29 is 31.9 Å². The predicted molar refractivity (Wildman–Crippen MR) is 127 cm³/mol. The molecular weight excluding hydrogens is 477 g/mol. The van der Waals surface area contributed by atoms with Crippen LogP contribution in [0.3, 0.4) is 0 Å². The molecule has 35 heavy (non-hydrogen) atoms. The van der Waals surface area contributed by atoms with Crippen molar-refractivity contribution in [3.05, 3.63) is 78.1 Å². The number of rotatable bonds is 7. The number of halogens is 1. The highest BCUT2D eigenvalue weighted by Crippen LogP contribution is 2.32. The largest absolute Gasteiger partial charge is 0.490 e. The Labute approximate surface area is 201 Å². The van der Waals surface area contributed by atoms with Gasteiger partial charge in [-0.05, 0) is 48.5 Å². The van der Waals surface area contributed by atoms with E-state index in [9.17, 15) is 22.4 Å². The second-order valence-electron chi connectivity index (χ2n) is 7.55. The maximum Gasteiger partial charge on any atom is 0.262 e. The summed E-state index contributed by atoms with van der Waals surface area (Å²) in [5.41, 5.74) is 0.502. The molecule has 9 nitrogen and oxygen atoms in total. The lowest BCUT2D eigenvalue weighted by Crippen LogP contribution is -2.33. The van der Waals surface area contributed by atoms with E-state index in [0.717, 1.165) is 6.07 Å². The molecule has 0 fully saturated rings. The number of carbonyl (C=O) groups is 2. The first kappa shape index (κ1) is 24.0. The molecule has 2 amide bonds. The smallest absolute Gasteiger partial charge is 0.262 e. The highest BCUT2D eigenvalue weighted by atomic mass is 32.2. The molecule has 182 valence electrons. The molecule has 0 aromatic heterocycles. The van der Waals surface area contributed by atoms with Gasteiger partial charge in [-0.25, -0.2) is 12.8 Å². The Morgan fingerprint density at radius 3 is 2.31 bits per heavy atom. The van der Waals surface area contributed by atoms with Crippen LogP contribution in [-0.2, 0) is 14.8 Å². The second kappa shape index (κ2) is 10.4. The summed E-state index contributed by atoms with van der Waals surface area (Å²) in [5.74, 6) is -1.07. The molecule has 11 heteroatoms. The van der Waals surface area contributed by atoms with Crippen molar-refractivity contribution in [2.75, 3.05) is 29.8 Å². The van der Waals surface area contributed by atoms with Crippen molar-refractivity contribution in [2.24, 2.45) is 0 Å². The average Bonchev–Trinajstić information content (AvgIpc) is 3.09. The number of amides is 2. The first-order valence-corrected chi connectivity index (χ1v) is 12.2. The van der Waals surface area contributed by atoms with Gasteiger partial charge >= 0.3 is 0 Å². The Balaban J connectivity index is 1.34. The summed E-state index contributed by atoms with van der Waals surface area (Å²) in [7, 11) is -3.89. The normalized spacial score (nSPS) is 12.8. The molecule has 0 aliphatic carbocycles. The number of hydrogen-bond donors (Lipinski definition) is 3. The van der Waals surface area contributed by atoms with Crippen LogP contribution in [0.25, 0.3) is 0 Å². The quantitative estimate of drug-likeness (QED) is 0.459. The molecule has 3 aromatic carbocycles. The fourth-order valence-electron chi connectivity index (χ4n) is 3.25. The van der Waals surface area contributed by atoms with Gasteiger partial charge < -0.3 is 20.1 Å². The number of benzene rings is 3. The zero-order valence-electron chi connectivity index (χ0n) is 18.4. The Hall–Kier alpha value is -4.12. The van der Waals surface area contributed by atoms with E-state index in [1.165, 1.54) is 54.6 Å². The van der Waals surface area contributed by atoms with Crippen LogP contribution >= 0.6 is 0 Å². The van der Waals surface area contributed by atoms with Gasteiger partial charge in [0.1, 0.15) is 5.82 Å². The Kier molecular flexibility index (Phi) is 7.16. The van der Waals surface area contributed by atoms with Gasteiger partial charge in [-0.15, -0.1) is 0 Å². The molecule has 0 spiro atoms. The molecule has 3 aromatic rings. The number of sulfonamides is 1. The number of fused-ring (bicyclic) bond motifs is 1. The van der Waals surface area contributed by atoms with E-state index in [0.29, 0.717) is 36.8 Å². The van der Waals surface area contributed by atoms with Gasteiger partial charge in [0, 0.05) is 23.9 Å². The predicted octanol–water partition coefficient (Wildman–Crippen LogP) is 3.16. The van der Waals surface area contributed by atoms with Crippen molar-refractivity contribution in [1.29, 1.82) is 0 Å². The van der Waals surface area contributed by atoms with Crippen LogP contribution in [0, 0.1) is 5.82 Å². The fourth-order valence-corrected chi connectivity index (χ4v) is 4.33. The van der Waals surface area contributed by atoms with E-state index in [1.807, 2.05) is 0 Å². The summed E-state index contributed by atoms with van der Waals surface area (Å²) in [4.78, 5) is 24.1. The highest BCUT2D eigenvalue weighted by molar-refractivity contribution is 7.92. The molecule has 0 saturated heterocycles. The highest BCUT2D eigenvalue weighted by Gasteiger charge is 2.19. The lowest BCUT2D eigenvalue weighted by atomic mass is 10.2. The summed E-state index contributed by atoms with van der Waals surface area (Å²) >= 11 is 0. The second-order valence-corrected chi connectivity index (χ2v) is 9.23. The Bertz CT molecular complexity index is 1350. The van der Waals surface area contributed by atoms with E-state index in [-0.39, 0.29) is 22.7 Å².